The monoisotopic (exact) mass is 272 g/mol. The van der Waals surface area contributed by atoms with Crippen LogP contribution in [0, 0.1) is 5.92 Å². The molecule has 4 nitrogen and oxygen atoms in total. The van der Waals surface area contributed by atoms with Crippen molar-refractivity contribution in [1.29, 1.82) is 0 Å². The van der Waals surface area contributed by atoms with Crippen LogP contribution in [0.5, 0.6) is 0 Å². The molecule has 2 unspecified atom stereocenters. The van der Waals surface area contributed by atoms with Gasteiger partial charge in [-0.1, -0.05) is 28.1 Å². The Hall–Kier alpha value is -0.580. The van der Waals surface area contributed by atoms with E-state index in [1.165, 1.54) is 6.42 Å². The second-order valence-electron chi connectivity index (χ2n) is 4.14. The Balaban J connectivity index is 2.11. The molecule has 1 saturated heterocycles. The maximum absolute atomic E-state index is 4.06. The number of hydrogen-bond donors (Lipinski definition) is 0. The number of halogens is 1. The lowest BCUT2D eigenvalue weighted by Gasteiger charge is -2.35. The van der Waals surface area contributed by atoms with Crippen LogP contribution in [-0.4, -0.2) is 32.9 Å². The zero-order valence-corrected chi connectivity index (χ0v) is 10.8. The molecule has 0 aromatic carbocycles. The van der Waals surface area contributed by atoms with Crippen LogP contribution in [0.15, 0.2) is 6.20 Å². The number of hydrogen-bond acceptors (Lipinski definition) is 3. The summed E-state index contributed by atoms with van der Waals surface area (Å²) in [5, 5.41) is 8.03. The maximum atomic E-state index is 4.06. The van der Waals surface area contributed by atoms with E-state index in [1.54, 1.807) is 0 Å². The second-order valence-corrected chi connectivity index (χ2v) is 5.31. The lowest BCUT2D eigenvalue weighted by Crippen LogP contribution is -2.41. The van der Waals surface area contributed by atoms with Gasteiger partial charge in [0.05, 0.1) is 6.20 Å². The molecule has 0 bridgehead atoms. The molecule has 0 saturated carbocycles. The van der Waals surface area contributed by atoms with Gasteiger partial charge >= 0.3 is 0 Å². The highest BCUT2D eigenvalue weighted by Gasteiger charge is 2.25. The van der Waals surface area contributed by atoms with Gasteiger partial charge in [0.1, 0.15) is 5.82 Å². The Morgan fingerprint density at radius 1 is 1.60 bits per heavy atom. The molecule has 5 heteroatoms. The Kier molecular flexibility index (Phi) is 3.29. The first-order valence-corrected chi connectivity index (χ1v) is 6.41. The number of piperidine rings is 1. The Bertz CT molecular complexity index is 325. The summed E-state index contributed by atoms with van der Waals surface area (Å²) in [6.45, 7) is 7.43. The number of aryl methyl sites for hydroxylation is 1. The van der Waals surface area contributed by atoms with Crippen LogP contribution in [0.3, 0.4) is 0 Å². The Morgan fingerprint density at radius 2 is 2.40 bits per heavy atom. The number of rotatable bonds is 2. The van der Waals surface area contributed by atoms with E-state index in [1.807, 2.05) is 10.9 Å². The molecular weight excluding hydrogens is 256 g/mol. The summed E-state index contributed by atoms with van der Waals surface area (Å²) in [5.41, 5.74) is 0. The SMILES string of the molecule is CCn1nncc1N1CCC(C)C(Br)C1. The van der Waals surface area contributed by atoms with E-state index in [4.69, 9.17) is 0 Å². The van der Waals surface area contributed by atoms with Crippen molar-refractivity contribution in [3.8, 4) is 0 Å². The van der Waals surface area contributed by atoms with E-state index >= 15 is 0 Å². The van der Waals surface area contributed by atoms with Crippen LogP contribution in [0.1, 0.15) is 20.3 Å². The second kappa shape index (κ2) is 4.51. The average molecular weight is 273 g/mol. The molecule has 84 valence electrons. The highest BCUT2D eigenvalue weighted by atomic mass is 79.9. The van der Waals surface area contributed by atoms with Crippen LogP contribution < -0.4 is 4.90 Å². The van der Waals surface area contributed by atoms with Gasteiger partial charge in [-0.05, 0) is 19.3 Å². The van der Waals surface area contributed by atoms with Gasteiger partial charge in [0.2, 0.25) is 0 Å². The molecule has 0 spiro atoms. The van der Waals surface area contributed by atoms with Crippen LogP contribution in [0.25, 0.3) is 0 Å². The van der Waals surface area contributed by atoms with Crippen molar-refractivity contribution in [2.45, 2.75) is 31.6 Å². The summed E-state index contributed by atoms with van der Waals surface area (Å²) in [4.78, 5) is 2.94. The van der Waals surface area contributed by atoms with Crippen LogP contribution in [0.2, 0.25) is 0 Å². The van der Waals surface area contributed by atoms with Gasteiger partial charge in [-0.3, -0.25) is 0 Å². The highest BCUT2D eigenvalue weighted by molar-refractivity contribution is 9.09. The zero-order chi connectivity index (χ0) is 10.8. The average Bonchev–Trinajstić information content (AvgIpc) is 2.70. The van der Waals surface area contributed by atoms with Crippen molar-refractivity contribution in [2.24, 2.45) is 5.92 Å². The molecule has 15 heavy (non-hydrogen) atoms. The smallest absolute Gasteiger partial charge is 0.147 e. The molecule has 0 amide bonds. The van der Waals surface area contributed by atoms with E-state index in [0.717, 1.165) is 31.4 Å². The third-order valence-corrected chi connectivity index (χ3v) is 4.28. The Labute approximate surface area is 98.8 Å². The minimum Gasteiger partial charge on any atom is -0.354 e. The molecule has 2 heterocycles. The first-order valence-electron chi connectivity index (χ1n) is 5.50. The fraction of sp³-hybridized carbons (Fsp3) is 0.800. The number of aromatic nitrogens is 3. The highest BCUT2D eigenvalue weighted by Crippen LogP contribution is 2.26. The molecule has 1 aromatic rings. The summed E-state index contributed by atoms with van der Waals surface area (Å²) in [7, 11) is 0. The standard InChI is InChI=1S/C10H17BrN4/c1-3-15-10(6-12-13-15)14-5-4-8(2)9(11)7-14/h6,8-9H,3-5,7H2,1-2H3. The van der Waals surface area contributed by atoms with Crippen molar-refractivity contribution in [3.63, 3.8) is 0 Å². The van der Waals surface area contributed by atoms with Gasteiger partial charge in [0.25, 0.3) is 0 Å². The fourth-order valence-electron chi connectivity index (χ4n) is 1.95. The zero-order valence-electron chi connectivity index (χ0n) is 9.23. The van der Waals surface area contributed by atoms with E-state index in [9.17, 15) is 0 Å². The minimum atomic E-state index is 0.575. The van der Waals surface area contributed by atoms with Gasteiger partial charge in [-0.25, -0.2) is 4.68 Å². The maximum Gasteiger partial charge on any atom is 0.147 e. The summed E-state index contributed by atoms with van der Waals surface area (Å²) in [6, 6.07) is 0. The number of anilines is 1. The molecule has 1 aromatic heterocycles. The van der Waals surface area contributed by atoms with Gasteiger partial charge in [-0.2, -0.15) is 0 Å². The Morgan fingerprint density at radius 3 is 3.07 bits per heavy atom. The molecular formula is C10H17BrN4. The lowest BCUT2D eigenvalue weighted by molar-refractivity contribution is 0.448. The predicted octanol–water partition coefficient (Wildman–Crippen LogP) is 1.91. The van der Waals surface area contributed by atoms with Crippen molar-refractivity contribution >= 4 is 21.7 Å². The minimum absolute atomic E-state index is 0.575. The van der Waals surface area contributed by atoms with Gasteiger partial charge in [0, 0.05) is 24.5 Å². The lowest BCUT2D eigenvalue weighted by atomic mass is 9.99. The third kappa shape index (κ3) is 2.17. The van der Waals surface area contributed by atoms with Crippen LogP contribution >= 0.6 is 15.9 Å². The van der Waals surface area contributed by atoms with E-state index < -0.39 is 0 Å². The topological polar surface area (TPSA) is 34.0 Å². The van der Waals surface area contributed by atoms with Crippen LogP contribution in [0.4, 0.5) is 5.82 Å². The summed E-state index contributed by atoms with van der Waals surface area (Å²) in [6.07, 6.45) is 3.09. The summed E-state index contributed by atoms with van der Waals surface area (Å²) in [5.74, 6) is 1.90. The van der Waals surface area contributed by atoms with E-state index in [2.05, 4.69) is 45.0 Å². The third-order valence-electron chi connectivity index (χ3n) is 3.09. The number of nitrogens with zero attached hydrogens (tertiary/aromatic N) is 4. The normalized spacial score (nSPS) is 27.0. The molecule has 1 aliphatic rings. The number of alkyl halides is 1. The quantitative estimate of drug-likeness (QED) is 0.772. The molecule has 0 N–H and O–H groups in total. The van der Waals surface area contributed by atoms with Crippen LogP contribution in [-0.2, 0) is 6.54 Å². The molecule has 2 atom stereocenters. The molecule has 0 radical (unpaired) electrons. The van der Waals surface area contributed by atoms with Crippen molar-refractivity contribution in [2.75, 3.05) is 18.0 Å². The van der Waals surface area contributed by atoms with E-state index in [-0.39, 0.29) is 0 Å². The fourth-order valence-corrected chi connectivity index (χ4v) is 2.57. The first-order chi connectivity index (χ1) is 7.22. The largest absolute Gasteiger partial charge is 0.354 e. The molecule has 1 fully saturated rings. The van der Waals surface area contributed by atoms with Gasteiger partial charge in [-0.15, -0.1) is 5.10 Å². The summed E-state index contributed by atoms with van der Waals surface area (Å²) >= 11 is 3.73. The van der Waals surface area contributed by atoms with Gasteiger partial charge < -0.3 is 4.90 Å². The summed E-state index contributed by atoms with van der Waals surface area (Å²) < 4.78 is 1.95. The first kappa shape index (κ1) is 10.9. The van der Waals surface area contributed by atoms with E-state index in [0.29, 0.717) is 4.83 Å². The molecule has 1 aliphatic heterocycles. The van der Waals surface area contributed by atoms with Crippen molar-refractivity contribution < 1.29 is 0 Å². The van der Waals surface area contributed by atoms with Crippen molar-refractivity contribution in [3.05, 3.63) is 6.20 Å². The van der Waals surface area contributed by atoms with Gasteiger partial charge in [0.15, 0.2) is 0 Å². The predicted molar refractivity (Wildman–Crippen MR) is 64.4 cm³/mol. The van der Waals surface area contributed by atoms with Crippen molar-refractivity contribution in [1.82, 2.24) is 15.0 Å². The molecule has 2 rings (SSSR count). The molecule has 0 aliphatic carbocycles.